The van der Waals surface area contributed by atoms with Crippen LogP contribution in [0, 0.1) is 0 Å². The van der Waals surface area contributed by atoms with E-state index in [2.05, 4.69) is 15.3 Å². The highest BCUT2D eigenvalue weighted by atomic mass is 31.2. The standard InChI is InChI=1S/C20H32N5O9P/c1-6-19(3,34-35(31,32)20(4,30)7-2)8-13-14(26)15(27)17(33-13)25-9-11(16(28)21-18(25)29)12-10-24(5)23-22-12/h9-10,13-15,17,26-27,30H,6-8H2,1-5H3,(H,31,32)(H,21,28,29)/t13-,14?,15+,17-,19?,20?/m1/s1. The van der Waals surface area contributed by atoms with Gasteiger partial charge in [-0.1, -0.05) is 19.1 Å². The van der Waals surface area contributed by atoms with Crippen LogP contribution in [0.3, 0.4) is 0 Å². The molecule has 14 nitrogen and oxygen atoms in total. The molecule has 0 aromatic carbocycles. The van der Waals surface area contributed by atoms with E-state index in [-0.39, 0.29) is 30.5 Å². The first kappa shape index (κ1) is 27.4. The van der Waals surface area contributed by atoms with E-state index in [0.29, 0.717) is 0 Å². The van der Waals surface area contributed by atoms with Crippen molar-refractivity contribution in [3.63, 3.8) is 0 Å². The Kier molecular flexibility index (Phi) is 7.59. The second kappa shape index (κ2) is 9.69. The molecule has 1 saturated heterocycles. The molecule has 3 rings (SSSR count). The average molecular weight is 517 g/mol. The highest BCUT2D eigenvalue weighted by molar-refractivity contribution is 7.54. The second-order valence-electron chi connectivity index (χ2n) is 9.22. The number of H-pyrrole nitrogens is 1. The van der Waals surface area contributed by atoms with Gasteiger partial charge in [-0.3, -0.25) is 23.6 Å². The zero-order valence-electron chi connectivity index (χ0n) is 20.2. The first-order valence-electron chi connectivity index (χ1n) is 11.1. The van der Waals surface area contributed by atoms with Crippen molar-refractivity contribution >= 4 is 7.60 Å². The van der Waals surface area contributed by atoms with Crippen molar-refractivity contribution in [2.75, 3.05) is 0 Å². The maximum absolute atomic E-state index is 12.7. The second-order valence-corrected chi connectivity index (χ2v) is 11.4. The van der Waals surface area contributed by atoms with Crippen LogP contribution in [-0.2, 0) is 20.9 Å². The molecular weight excluding hydrogens is 485 g/mol. The molecule has 1 fully saturated rings. The molecule has 0 spiro atoms. The number of aliphatic hydroxyl groups is 3. The van der Waals surface area contributed by atoms with Crippen LogP contribution >= 0.6 is 7.60 Å². The summed E-state index contributed by atoms with van der Waals surface area (Å²) in [7, 11) is -2.90. The summed E-state index contributed by atoms with van der Waals surface area (Å²) in [4.78, 5) is 37.3. The number of aromatic nitrogens is 5. The Balaban J connectivity index is 1.89. The minimum Gasteiger partial charge on any atom is -0.388 e. The third-order valence-corrected chi connectivity index (χ3v) is 8.68. The lowest BCUT2D eigenvalue weighted by Gasteiger charge is -2.37. The Morgan fingerprint density at radius 3 is 2.40 bits per heavy atom. The van der Waals surface area contributed by atoms with Gasteiger partial charge >= 0.3 is 13.3 Å². The largest absolute Gasteiger partial charge is 0.388 e. The number of aryl methyl sites for hydroxylation is 1. The van der Waals surface area contributed by atoms with Crippen LogP contribution in [0.5, 0.6) is 0 Å². The normalized spacial score (nSPS) is 27.8. The highest BCUT2D eigenvalue weighted by Gasteiger charge is 2.50. The van der Waals surface area contributed by atoms with Crippen LogP contribution in [0.15, 0.2) is 22.0 Å². The molecule has 3 heterocycles. The van der Waals surface area contributed by atoms with Gasteiger partial charge < -0.3 is 29.5 Å². The average Bonchev–Trinajstić information content (AvgIpc) is 3.32. The molecule has 7 atom stereocenters. The smallest absolute Gasteiger partial charge is 0.359 e. The number of hydrogen-bond acceptors (Lipinski definition) is 10. The number of nitrogens with one attached hydrogen (secondary N) is 1. The summed E-state index contributed by atoms with van der Waals surface area (Å²) < 4.78 is 26.3. The zero-order valence-corrected chi connectivity index (χ0v) is 21.0. The van der Waals surface area contributed by atoms with Crippen LogP contribution in [0.2, 0.25) is 0 Å². The van der Waals surface area contributed by atoms with Gasteiger partial charge in [0.05, 0.1) is 23.5 Å². The summed E-state index contributed by atoms with van der Waals surface area (Å²) in [6.07, 6.45) is -2.89. The van der Waals surface area contributed by atoms with Crippen LogP contribution in [0.1, 0.15) is 53.2 Å². The molecule has 5 N–H and O–H groups in total. The van der Waals surface area contributed by atoms with Gasteiger partial charge in [-0.15, -0.1) is 5.10 Å². The molecular formula is C20H32N5O9P. The van der Waals surface area contributed by atoms with Gasteiger partial charge in [-0.05, 0) is 26.7 Å². The van der Waals surface area contributed by atoms with Gasteiger partial charge in [0.1, 0.15) is 17.9 Å². The van der Waals surface area contributed by atoms with Gasteiger partial charge in [0.2, 0.25) is 0 Å². The molecule has 1 aliphatic rings. The number of nitrogens with zero attached hydrogens (tertiary/aromatic N) is 4. The lowest BCUT2D eigenvalue weighted by Crippen LogP contribution is -2.40. The number of aliphatic hydroxyl groups excluding tert-OH is 2. The van der Waals surface area contributed by atoms with Crippen molar-refractivity contribution in [3.8, 4) is 11.3 Å². The van der Waals surface area contributed by atoms with Gasteiger partial charge in [0.15, 0.2) is 11.6 Å². The summed E-state index contributed by atoms with van der Waals surface area (Å²) in [5.41, 5.74) is -2.75. The van der Waals surface area contributed by atoms with Crippen LogP contribution < -0.4 is 11.2 Å². The number of aromatic amines is 1. The third kappa shape index (κ3) is 5.33. The quantitative estimate of drug-likeness (QED) is 0.276. The molecule has 0 aliphatic carbocycles. The molecule has 0 saturated carbocycles. The monoisotopic (exact) mass is 517 g/mol. The molecule has 196 valence electrons. The van der Waals surface area contributed by atoms with E-state index in [1.54, 1.807) is 14.0 Å². The van der Waals surface area contributed by atoms with Crippen molar-refractivity contribution in [1.82, 2.24) is 24.5 Å². The molecule has 0 amide bonds. The van der Waals surface area contributed by atoms with Crippen molar-refractivity contribution in [1.29, 1.82) is 0 Å². The van der Waals surface area contributed by atoms with E-state index in [0.717, 1.165) is 10.8 Å². The molecule has 15 heteroatoms. The van der Waals surface area contributed by atoms with Gasteiger partial charge in [-0.25, -0.2) is 4.79 Å². The zero-order chi connectivity index (χ0) is 26.3. The van der Waals surface area contributed by atoms with E-state index >= 15 is 0 Å². The maximum Gasteiger partial charge on any atom is 0.359 e. The van der Waals surface area contributed by atoms with Crippen LogP contribution in [-0.4, -0.2) is 74.0 Å². The van der Waals surface area contributed by atoms with E-state index < -0.39 is 54.3 Å². The summed E-state index contributed by atoms with van der Waals surface area (Å²) in [5.74, 6) is 0. The number of ether oxygens (including phenoxy) is 1. The first-order valence-corrected chi connectivity index (χ1v) is 12.7. The fraction of sp³-hybridized carbons (Fsp3) is 0.700. The van der Waals surface area contributed by atoms with Gasteiger partial charge in [0, 0.05) is 19.7 Å². The highest BCUT2D eigenvalue weighted by Crippen LogP contribution is 2.59. The number of rotatable bonds is 9. The van der Waals surface area contributed by atoms with Crippen molar-refractivity contribution in [2.24, 2.45) is 7.05 Å². The summed E-state index contributed by atoms with van der Waals surface area (Å²) in [5, 5.41) is 37.2. The van der Waals surface area contributed by atoms with Crippen LogP contribution in [0.4, 0.5) is 0 Å². The van der Waals surface area contributed by atoms with E-state index in [1.807, 2.05) is 0 Å². The Labute approximate surface area is 200 Å². The molecule has 0 bridgehead atoms. The Hall–Kier alpha value is -2.19. The van der Waals surface area contributed by atoms with E-state index in [1.165, 1.54) is 31.6 Å². The Bertz CT molecular complexity index is 1220. The van der Waals surface area contributed by atoms with Gasteiger partial charge in [0.25, 0.3) is 5.56 Å². The number of hydrogen-bond donors (Lipinski definition) is 5. The maximum atomic E-state index is 12.7. The molecule has 2 aromatic heterocycles. The Morgan fingerprint density at radius 2 is 1.86 bits per heavy atom. The van der Waals surface area contributed by atoms with Crippen molar-refractivity contribution in [3.05, 3.63) is 33.2 Å². The third-order valence-electron chi connectivity index (χ3n) is 6.46. The molecule has 2 aromatic rings. The molecule has 35 heavy (non-hydrogen) atoms. The van der Waals surface area contributed by atoms with Crippen LogP contribution in [0.25, 0.3) is 11.3 Å². The molecule has 4 unspecified atom stereocenters. The lowest BCUT2D eigenvalue weighted by molar-refractivity contribution is -0.0714. The minimum atomic E-state index is -4.50. The predicted molar refractivity (Wildman–Crippen MR) is 122 cm³/mol. The predicted octanol–water partition coefficient (Wildman–Crippen LogP) is -0.169. The molecule has 1 aliphatic heterocycles. The fourth-order valence-electron chi connectivity index (χ4n) is 3.72. The summed E-state index contributed by atoms with van der Waals surface area (Å²) in [6, 6.07) is 0. The molecule has 0 radical (unpaired) electrons. The first-order chi connectivity index (χ1) is 16.1. The summed E-state index contributed by atoms with van der Waals surface area (Å²) >= 11 is 0. The summed E-state index contributed by atoms with van der Waals surface area (Å²) in [6.45, 7) is 5.95. The fourth-order valence-corrected chi connectivity index (χ4v) is 5.12. The minimum absolute atomic E-state index is 0.00353. The Morgan fingerprint density at radius 1 is 1.20 bits per heavy atom. The van der Waals surface area contributed by atoms with Crippen molar-refractivity contribution < 1.29 is 34.0 Å². The lowest BCUT2D eigenvalue weighted by atomic mass is 9.93. The van der Waals surface area contributed by atoms with E-state index in [4.69, 9.17) is 9.26 Å². The topological polar surface area (TPSA) is 202 Å². The van der Waals surface area contributed by atoms with E-state index in [9.17, 15) is 34.4 Å². The van der Waals surface area contributed by atoms with Crippen molar-refractivity contribution in [2.45, 2.75) is 82.4 Å². The SMILES string of the molecule is CCC(C)(C[C@H]1O[C@@H](n2cc(-c3cn(C)nn3)c(=O)[nH]c2=O)[C@@H](O)C1O)OP(=O)(O)C(C)(O)CC. The van der Waals surface area contributed by atoms with Gasteiger partial charge in [-0.2, -0.15) is 0 Å².